The summed E-state index contributed by atoms with van der Waals surface area (Å²) in [7, 11) is 0. The van der Waals surface area contributed by atoms with Crippen LogP contribution in [0.2, 0.25) is 5.02 Å². The Hall–Kier alpha value is -2.85. The largest absolute Gasteiger partial charge is 0.352 e. The zero-order valence-corrected chi connectivity index (χ0v) is 14.4. The highest BCUT2D eigenvalue weighted by atomic mass is 35.5. The Labute approximate surface area is 151 Å². The fraction of sp³-hybridized carbons (Fsp3) is 0.100. The second kappa shape index (κ2) is 7.81. The van der Waals surface area contributed by atoms with Crippen molar-refractivity contribution in [3.05, 3.63) is 84.0 Å². The highest BCUT2D eigenvalue weighted by molar-refractivity contribution is 6.30. The summed E-state index contributed by atoms with van der Waals surface area (Å²) in [4.78, 5) is 11.4. The van der Waals surface area contributed by atoms with Crippen LogP contribution in [0.3, 0.4) is 0 Å². The van der Waals surface area contributed by atoms with Gasteiger partial charge >= 0.3 is 0 Å². The molecule has 0 atom stereocenters. The zero-order valence-electron chi connectivity index (χ0n) is 13.7. The number of halogens is 1. The van der Waals surface area contributed by atoms with Crippen molar-refractivity contribution in [3.63, 3.8) is 0 Å². The topological polar surface area (TPSA) is 46.9 Å². The number of hydrogen-bond donors (Lipinski definition) is 1. The quantitative estimate of drug-likeness (QED) is 0.681. The molecule has 5 heteroatoms. The van der Waals surface area contributed by atoms with Crippen LogP contribution < -0.4 is 5.32 Å². The third-order valence-electron chi connectivity index (χ3n) is 3.81. The van der Waals surface area contributed by atoms with Gasteiger partial charge in [-0.05, 0) is 36.8 Å². The van der Waals surface area contributed by atoms with Gasteiger partial charge < -0.3 is 5.32 Å². The van der Waals surface area contributed by atoms with E-state index in [9.17, 15) is 4.79 Å². The number of nitrogens with zero attached hydrogens (tertiary/aromatic N) is 2. The lowest BCUT2D eigenvalue weighted by atomic mass is 10.1. The normalized spacial score (nSPS) is 10.4. The van der Waals surface area contributed by atoms with Gasteiger partial charge in [-0.1, -0.05) is 48.5 Å². The van der Waals surface area contributed by atoms with E-state index in [1.54, 1.807) is 0 Å². The number of carbonyl (C=O) groups is 1. The molecule has 2 aromatic carbocycles. The van der Waals surface area contributed by atoms with Gasteiger partial charge in [0.1, 0.15) is 0 Å². The first kappa shape index (κ1) is 17.0. The minimum Gasteiger partial charge on any atom is -0.352 e. The number of benzene rings is 2. The van der Waals surface area contributed by atoms with Crippen molar-refractivity contribution in [1.29, 1.82) is 0 Å². The average molecular weight is 352 g/mol. The van der Waals surface area contributed by atoms with Crippen LogP contribution in [-0.2, 0) is 11.2 Å². The van der Waals surface area contributed by atoms with Gasteiger partial charge in [0.15, 0.2) is 0 Å². The lowest BCUT2D eigenvalue weighted by molar-refractivity contribution is -0.116. The summed E-state index contributed by atoms with van der Waals surface area (Å²) in [5.41, 5.74) is 3.91. The van der Waals surface area contributed by atoms with Crippen LogP contribution >= 0.6 is 11.6 Å². The smallest absolute Gasteiger partial charge is 0.243 e. The van der Waals surface area contributed by atoms with Gasteiger partial charge in [-0.15, -0.1) is 0 Å². The Morgan fingerprint density at radius 1 is 1.16 bits per heavy atom. The second-order valence-corrected chi connectivity index (χ2v) is 5.97. The number of aromatic nitrogens is 2. The summed E-state index contributed by atoms with van der Waals surface area (Å²) < 4.78 is 1.86. The van der Waals surface area contributed by atoms with E-state index in [1.165, 1.54) is 6.08 Å². The molecule has 0 bridgehead atoms. The molecule has 0 aliphatic heterocycles. The van der Waals surface area contributed by atoms with Crippen LogP contribution in [0.1, 0.15) is 5.56 Å². The van der Waals surface area contributed by atoms with Gasteiger partial charge in [-0.25, -0.2) is 4.68 Å². The van der Waals surface area contributed by atoms with Crippen molar-refractivity contribution in [2.24, 2.45) is 0 Å². The molecule has 1 heterocycles. The number of hydrogen-bond acceptors (Lipinski definition) is 2. The van der Waals surface area contributed by atoms with Crippen LogP contribution in [-0.4, -0.2) is 22.2 Å². The number of carbonyl (C=O) groups excluding carboxylic acids is 1. The van der Waals surface area contributed by atoms with Crippen LogP contribution in [0.25, 0.3) is 16.9 Å². The van der Waals surface area contributed by atoms with Crippen molar-refractivity contribution < 1.29 is 4.79 Å². The summed E-state index contributed by atoms with van der Waals surface area (Å²) in [5, 5.41) is 8.23. The molecule has 0 fully saturated rings. The molecule has 0 aliphatic carbocycles. The predicted molar refractivity (Wildman–Crippen MR) is 101 cm³/mol. The first-order valence-electron chi connectivity index (χ1n) is 7.97. The molecule has 3 rings (SSSR count). The summed E-state index contributed by atoms with van der Waals surface area (Å²) >= 11 is 5.99. The van der Waals surface area contributed by atoms with Crippen LogP contribution in [0.5, 0.6) is 0 Å². The van der Waals surface area contributed by atoms with Crippen molar-refractivity contribution in [2.75, 3.05) is 6.54 Å². The van der Waals surface area contributed by atoms with Gasteiger partial charge in [0.2, 0.25) is 5.91 Å². The van der Waals surface area contributed by atoms with E-state index in [4.69, 9.17) is 16.7 Å². The zero-order chi connectivity index (χ0) is 17.6. The highest BCUT2D eigenvalue weighted by Crippen LogP contribution is 2.25. The molecule has 25 heavy (non-hydrogen) atoms. The molecule has 3 aromatic rings. The molecular weight excluding hydrogens is 334 g/mol. The Bertz CT molecular complexity index is 870. The van der Waals surface area contributed by atoms with Gasteiger partial charge in [-0.3, -0.25) is 4.79 Å². The van der Waals surface area contributed by atoms with E-state index < -0.39 is 0 Å². The van der Waals surface area contributed by atoms with Gasteiger partial charge in [0.25, 0.3) is 0 Å². The van der Waals surface area contributed by atoms with Crippen molar-refractivity contribution in [1.82, 2.24) is 15.1 Å². The molecule has 1 amide bonds. The number of amides is 1. The first-order valence-corrected chi connectivity index (χ1v) is 8.35. The molecule has 4 nitrogen and oxygen atoms in total. The van der Waals surface area contributed by atoms with Crippen LogP contribution in [0, 0.1) is 0 Å². The SMILES string of the molecule is C=CC(=O)NCCc1cn(-c2ccccc2)nc1-c1ccc(Cl)cc1. The Morgan fingerprint density at radius 3 is 2.56 bits per heavy atom. The van der Waals surface area contributed by atoms with Crippen molar-refractivity contribution in [3.8, 4) is 16.9 Å². The van der Waals surface area contributed by atoms with E-state index >= 15 is 0 Å². The lowest BCUT2D eigenvalue weighted by Gasteiger charge is -2.04. The average Bonchev–Trinajstić information content (AvgIpc) is 3.07. The maximum Gasteiger partial charge on any atom is 0.243 e. The number of rotatable bonds is 6. The molecule has 0 radical (unpaired) electrons. The third-order valence-corrected chi connectivity index (χ3v) is 4.06. The molecule has 126 valence electrons. The van der Waals surface area contributed by atoms with Crippen LogP contribution in [0.15, 0.2) is 73.4 Å². The lowest BCUT2D eigenvalue weighted by Crippen LogP contribution is -2.23. The van der Waals surface area contributed by atoms with Crippen molar-refractivity contribution in [2.45, 2.75) is 6.42 Å². The van der Waals surface area contributed by atoms with E-state index in [2.05, 4.69) is 11.9 Å². The van der Waals surface area contributed by atoms with Gasteiger partial charge in [0, 0.05) is 28.9 Å². The fourth-order valence-electron chi connectivity index (χ4n) is 2.55. The maximum absolute atomic E-state index is 11.4. The molecule has 0 saturated heterocycles. The Morgan fingerprint density at radius 2 is 1.88 bits per heavy atom. The molecule has 0 spiro atoms. The molecule has 1 aromatic heterocycles. The number of nitrogens with one attached hydrogen (secondary N) is 1. The van der Waals surface area contributed by atoms with Gasteiger partial charge in [0.05, 0.1) is 11.4 Å². The first-order chi connectivity index (χ1) is 12.2. The standard InChI is InChI=1S/C20H18ClN3O/c1-2-19(25)22-13-12-16-14-24(18-6-4-3-5-7-18)23-20(16)15-8-10-17(21)11-9-15/h2-11,14H,1,12-13H2,(H,22,25). The minimum absolute atomic E-state index is 0.177. The molecule has 0 unspecified atom stereocenters. The Balaban J connectivity index is 1.93. The van der Waals surface area contributed by atoms with Gasteiger partial charge in [-0.2, -0.15) is 5.10 Å². The Kier molecular flexibility index (Phi) is 5.31. The fourth-order valence-corrected chi connectivity index (χ4v) is 2.67. The highest BCUT2D eigenvalue weighted by Gasteiger charge is 2.12. The molecule has 1 N–H and O–H groups in total. The molecule has 0 aliphatic rings. The predicted octanol–water partition coefficient (Wildman–Crippen LogP) is 4.04. The van der Waals surface area contributed by atoms with E-state index in [-0.39, 0.29) is 5.91 Å². The third kappa shape index (κ3) is 4.17. The number of para-hydroxylation sites is 1. The molecular formula is C20H18ClN3O. The summed E-state index contributed by atoms with van der Waals surface area (Å²) in [6.07, 6.45) is 3.94. The molecule has 0 saturated carbocycles. The summed E-state index contributed by atoms with van der Waals surface area (Å²) in [6.45, 7) is 3.98. The van der Waals surface area contributed by atoms with E-state index in [1.807, 2.05) is 65.5 Å². The van der Waals surface area contributed by atoms with E-state index in [0.29, 0.717) is 18.0 Å². The minimum atomic E-state index is -0.177. The maximum atomic E-state index is 11.4. The monoisotopic (exact) mass is 351 g/mol. The summed E-state index contributed by atoms with van der Waals surface area (Å²) in [5.74, 6) is -0.177. The van der Waals surface area contributed by atoms with Crippen molar-refractivity contribution >= 4 is 17.5 Å². The van der Waals surface area contributed by atoms with E-state index in [0.717, 1.165) is 22.5 Å². The second-order valence-electron chi connectivity index (χ2n) is 5.54. The van der Waals surface area contributed by atoms with Crippen LogP contribution in [0.4, 0.5) is 0 Å². The summed E-state index contributed by atoms with van der Waals surface area (Å²) in [6, 6.07) is 17.5.